The third-order valence-electron chi connectivity index (χ3n) is 2.18. The van der Waals surface area contributed by atoms with E-state index in [1.54, 1.807) is 6.08 Å². The van der Waals surface area contributed by atoms with Crippen LogP contribution in [0.4, 0.5) is 0 Å². The van der Waals surface area contributed by atoms with Gasteiger partial charge >= 0.3 is 5.97 Å². The highest BCUT2D eigenvalue weighted by molar-refractivity contribution is 5.68. The largest absolute Gasteiger partial charge is 0.481 e. The normalized spacial score (nSPS) is 10.9. The predicted octanol–water partition coefficient (Wildman–Crippen LogP) is 3.77. The van der Waals surface area contributed by atoms with E-state index in [1.807, 2.05) is 6.08 Å². The van der Waals surface area contributed by atoms with E-state index in [4.69, 9.17) is 5.11 Å². The summed E-state index contributed by atoms with van der Waals surface area (Å²) in [7, 11) is 0. The van der Waals surface area contributed by atoms with Gasteiger partial charge in [0.2, 0.25) is 0 Å². The fourth-order valence-corrected chi connectivity index (χ4v) is 1.34. The Balaban J connectivity index is 3.05. The van der Waals surface area contributed by atoms with Gasteiger partial charge in [-0.05, 0) is 12.8 Å². The summed E-state index contributed by atoms with van der Waals surface area (Å²) in [5.41, 5.74) is 0. The molecule has 2 nitrogen and oxygen atoms in total. The van der Waals surface area contributed by atoms with Crippen molar-refractivity contribution in [1.29, 1.82) is 0 Å². The minimum atomic E-state index is -0.746. The fourth-order valence-electron chi connectivity index (χ4n) is 1.34. The molecule has 1 N–H and O–H groups in total. The number of carboxylic acid groups (broad SMARTS) is 1. The number of hydrogen-bond acceptors (Lipinski definition) is 1. The molecule has 0 aromatic rings. The first-order valence-corrected chi connectivity index (χ1v) is 5.64. The number of aliphatic carboxylic acids is 1. The van der Waals surface area contributed by atoms with Crippen LogP contribution in [0, 0.1) is 0 Å². The molecule has 0 amide bonds. The molecule has 0 radical (unpaired) electrons. The van der Waals surface area contributed by atoms with Gasteiger partial charge in [0, 0.05) is 0 Å². The van der Waals surface area contributed by atoms with E-state index >= 15 is 0 Å². The van der Waals surface area contributed by atoms with Crippen molar-refractivity contribution in [2.75, 3.05) is 0 Å². The lowest BCUT2D eigenvalue weighted by Gasteiger charge is -1.97. The standard InChI is InChI=1S/C12H22O2/c1-2-3-4-5-6-7-8-9-10-11-12(13)14/h9-10H,2-8,11H2,1H3,(H,13,14). The molecule has 0 unspecified atom stereocenters. The second kappa shape index (κ2) is 10.3. The first kappa shape index (κ1) is 13.2. The molecule has 0 heterocycles. The van der Waals surface area contributed by atoms with Crippen molar-refractivity contribution in [3.05, 3.63) is 12.2 Å². The van der Waals surface area contributed by atoms with Crippen LogP contribution in [0.25, 0.3) is 0 Å². The maximum absolute atomic E-state index is 10.2. The van der Waals surface area contributed by atoms with Crippen LogP contribution in [0.2, 0.25) is 0 Å². The molecule has 0 bridgehead atoms. The number of hydrogen-bond donors (Lipinski definition) is 1. The van der Waals surface area contributed by atoms with E-state index in [0.29, 0.717) is 0 Å². The van der Waals surface area contributed by atoms with E-state index in [9.17, 15) is 4.79 Å². The van der Waals surface area contributed by atoms with Crippen LogP contribution in [0.3, 0.4) is 0 Å². The zero-order valence-electron chi connectivity index (χ0n) is 9.17. The Labute approximate surface area is 87.0 Å². The minimum absolute atomic E-state index is 0.163. The molecular weight excluding hydrogens is 176 g/mol. The van der Waals surface area contributed by atoms with Gasteiger partial charge in [-0.25, -0.2) is 0 Å². The molecule has 0 saturated carbocycles. The quantitative estimate of drug-likeness (QED) is 0.452. The second-order valence-electron chi connectivity index (χ2n) is 3.63. The molecule has 0 spiro atoms. The summed E-state index contributed by atoms with van der Waals surface area (Å²) in [5, 5.41) is 8.36. The summed E-state index contributed by atoms with van der Waals surface area (Å²) in [6.07, 6.45) is 12.7. The van der Waals surface area contributed by atoms with Crippen molar-refractivity contribution >= 4 is 5.97 Å². The van der Waals surface area contributed by atoms with Gasteiger partial charge in [-0.2, -0.15) is 0 Å². The van der Waals surface area contributed by atoms with Crippen LogP contribution in [0.1, 0.15) is 58.3 Å². The van der Waals surface area contributed by atoms with Gasteiger partial charge in [-0.15, -0.1) is 0 Å². The highest BCUT2D eigenvalue weighted by Gasteiger charge is 1.90. The second-order valence-corrected chi connectivity index (χ2v) is 3.63. The SMILES string of the molecule is CCCCCCCCC=CCC(=O)O. The third kappa shape index (κ3) is 11.2. The van der Waals surface area contributed by atoms with Gasteiger partial charge in [0.15, 0.2) is 0 Å². The van der Waals surface area contributed by atoms with Gasteiger partial charge < -0.3 is 5.11 Å². The molecule has 0 aliphatic heterocycles. The third-order valence-corrected chi connectivity index (χ3v) is 2.18. The Morgan fingerprint density at radius 2 is 1.71 bits per heavy atom. The number of rotatable bonds is 9. The van der Waals surface area contributed by atoms with Gasteiger partial charge in [-0.3, -0.25) is 4.79 Å². The van der Waals surface area contributed by atoms with Crippen molar-refractivity contribution in [2.45, 2.75) is 58.3 Å². The number of carboxylic acids is 1. The summed E-state index contributed by atoms with van der Waals surface area (Å²) in [5.74, 6) is -0.746. The lowest BCUT2D eigenvalue weighted by Crippen LogP contribution is -1.89. The Kier molecular flexibility index (Phi) is 9.71. The van der Waals surface area contributed by atoms with E-state index in [2.05, 4.69) is 6.92 Å². The van der Waals surface area contributed by atoms with Crippen LogP contribution in [-0.2, 0) is 4.79 Å². The molecule has 0 fully saturated rings. The summed E-state index contributed by atoms with van der Waals surface area (Å²) in [6.45, 7) is 2.22. The molecule has 0 rings (SSSR count). The van der Waals surface area contributed by atoms with Crippen molar-refractivity contribution in [3.63, 3.8) is 0 Å². The number of carbonyl (C=O) groups is 1. The van der Waals surface area contributed by atoms with Crippen LogP contribution < -0.4 is 0 Å². The summed E-state index contributed by atoms with van der Waals surface area (Å²) in [4.78, 5) is 10.2. The average Bonchev–Trinajstić information content (AvgIpc) is 2.15. The van der Waals surface area contributed by atoms with Crippen LogP contribution in [0.15, 0.2) is 12.2 Å². The highest BCUT2D eigenvalue weighted by Crippen LogP contribution is 2.07. The lowest BCUT2D eigenvalue weighted by atomic mass is 10.1. The smallest absolute Gasteiger partial charge is 0.307 e. The maximum atomic E-state index is 10.2. The Bertz CT molecular complexity index is 162. The number of allylic oxidation sites excluding steroid dienone is 1. The summed E-state index contributed by atoms with van der Waals surface area (Å²) in [6, 6.07) is 0. The van der Waals surface area contributed by atoms with Crippen LogP contribution in [0.5, 0.6) is 0 Å². The van der Waals surface area contributed by atoms with Crippen LogP contribution in [-0.4, -0.2) is 11.1 Å². The fraction of sp³-hybridized carbons (Fsp3) is 0.750. The topological polar surface area (TPSA) is 37.3 Å². The molecule has 2 heteroatoms. The summed E-state index contributed by atoms with van der Waals surface area (Å²) < 4.78 is 0. The zero-order valence-corrected chi connectivity index (χ0v) is 9.17. The Morgan fingerprint density at radius 1 is 1.07 bits per heavy atom. The maximum Gasteiger partial charge on any atom is 0.307 e. The molecule has 0 atom stereocenters. The minimum Gasteiger partial charge on any atom is -0.481 e. The molecule has 0 aliphatic rings. The van der Waals surface area contributed by atoms with Crippen LogP contribution >= 0.6 is 0 Å². The van der Waals surface area contributed by atoms with Crippen molar-refractivity contribution in [3.8, 4) is 0 Å². The molecular formula is C12H22O2. The van der Waals surface area contributed by atoms with Gasteiger partial charge in [-0.1, -0.05) is 51.2 Å². The Morgan fingerprint density at radius 3 is 2.36 bits per heavy atom. The van der Waals surface area contributed by atoms with E-state index in [-0.39, 0.29) is 6.42 Å². The Hall–Kier alpha value is -0.790. The summed E-state index contributed by atoms with van der Waals surface area (Å²) >= 11 is 0. The first-order valence-electron chi connectivity index (χ1n) is 5.64. The van der Waals surface area contributed by atoms with Gasteiger partial charge in [0.1, 0.15) is 0 Å². The van der Waals surface area contributed by atoms with E-state index in [1.165, 1.54) is 38.5 Å². The molecule has 0 saturated heterocycles. The molecule has 82 valence electrons. The number of unbranched alkanes of at least 4 members (excludes halogenated alkanes) is 6. The predicted molar refractivity (Wildman–Crippen MR) is 59.4 cm³/mol. The van der Waals surface area contributed by atoms with E-state index < -0.39 is 5.97 Å². The lowest BCUT2D eigenvalue weighted by molar-refractivity contribution is -0.136. The average molecular weight is 198 g/mol. The van der Waals surface area contributed by atoms with E-state index in [0.717, 1.165) is 6.42 Å². The molecule has 0 aromatic carbocycles. The zero-order chi connectivity index (χ0) is 10.6. The van der Waals surface area contributed by atoms with Gasteiger partial charge in [0.25, 0.3) is 0 Å². The highest BCUT2D eigenvalue weighted by atomic mass is 16.4. The molecule has 14 heavy (non-hydrogen) atoms. The molecule has 0 aromatic heterocycles. The van der Waals surface area contributed by atoms with Crippen molar-refractivity contribution in [1.82, 2.24) is 0 Å². The van der Waals surface area contributed by atoms with Gasteiger partial charge in [0.05, 0.1) is 6.42 Å². The van der Waals surface area contributed by atoms with Crippen molar-refractivity contribution < 1.29 is 9.90 Å². The van der Waals surface area contributed by atoms with Crippen molar-refractivity contribution in [2.24, 2.45) is 0 Å². The first-order chi connectivity index (χ1) is 6.77. The molecule has 0 aliphatic carbocycles. The monoisotopic (exact) mass is 198 g/mol.